The Morgan fingerprint density at radius 3 is 2.50 bits per heavy atom. The molecule has 0 bridgehead atoms. The summed E-state index contributed by atoms with van der Waals surface area (Å²) in [4.78, 5) is 4.71. The van der Waals surface area contributed by atoms with Gasteiger partial charge in [0.05, 0.1) is 7.11 Å². The molecule has 1 aromatic carbocycles. The molecule has 1 aromatic heterocycles. The Hall–Kier alpha value is -1.49. The van der Waals surface area contributed by atoms with Crippen molar-refractivity contribution in [2.75, 3.05) is 32.2 Å². The van der Waals surface area contributed by atoms with Crippen molar-refractivity contribution in [3.63, 3.8) is 0 Å². The lowest BCUT2D eigenvalue weighted by Gasteiger charge is -2.16. The Labute approximate surface area is 201 Å². The maximum absolute atomic E-state index is 5.24. The quantitative estimate of drug-likeness (QED) is 0.194. The molecule has 0 amide bonds. The van der Waals surface area contributed by atoms with E-state index in [4.69, 9.17) is 9.73 Å². The van der Waals surface area contributed by atoms with E-state index in [2.05, 4.69) is 46.1 Å². The van der Waals surface area contributed by atoms with Gasteiger partial charge in [-0.25, -0.2) is 4.99 Å². The van der Waals surface area contributed by atoms with Crippen LogP contribution >= 0.6 is 35.7 Å². The van der Waals surface area contributed by atoms with Crippen LogP contribution in [0.4, 0.5) is 0 Å². The van der Waals surface area contributed by atoms with E-state index in [-0.39, 0.29) is 24.0 Å². The van der Waals surface area contributed by atoms with Crippen LogP contribution in [0.15, 0.2) is 29.3 Å². The van der Waals surface area contributed by atoms with Crippen LogP contribution in [0.1, 0.15) is 42.9 Å². The zero-order valence-electron chi connectivity index (χ0n) is 18.6. The maximum Gasteiger partial charge on any atom is 0.191 e. The van der Waals surface area contributed by atoms with Crippen LogP contribution in [0.2, 0.25) is 0 Å². The second kappa shape index (κ2) is 14.5. The van der Waals surface area contributed by atoms with E-state index in [1.165, 1.54) is 5.56 Å². The molecule has 0 spiro atoms. The predicted octanol–water partition coefficient (Wildman–Crippen LogP) is 3.73. The second-order valence-corrected chi connectivity index (χ2v) is 8.04. The van der Waals surface area contributed by atoms with Gasteiger partial charge < -0.3 is 19.9 Å². The highest BCUT2D eigenvalue weighted by Gasteiger charge is 2.08. The monoisotopic (exact) mass is 546 g/mol. The highest BCUT2D eigenvalue weighted by Crippen LogP contribution is 2.21. The number of hydrogen-bond donors (Lipinski definition) is 2. The van der Waals surface area contributed by atoms with Crippen LogP contribution < -0.4 is 15.4 Å². The number of thioether (sulfide) groups is 1. The molecule has 0 aliphatic carbocycles. The van der Waals surface area contributed by atoms with Gasteiger partial charge in [0, 0.05) is 20.1 Å². The van der Waals surface area contributed by atoms with Gasteiger partial charge in [-0.1, -0.05) is 19.1 Å². The maximum atomic E-state index is 5.24. The van der Waals surface area contributed by atoms with E-state index in [9.17, 15) is 0 Å². The lowest BCUT2D eigenvalue weighted by Crippen LogP contribution is -2.39. The average molecular weight is 547 g/mol. The van der Waals surface area contributed by atoms with E-state index in [0.29, 0.717) is 12.5 Å². The summed E-state index contributed by atoms with van der Waals surface area (Å²) < 4.78 is 7.21. The number of hydrogen-bond acceptors (Lipinski definition) is 5. The molecule has 0 aliphatic heterocycles. The van der Waals surface area contributed by atoms with Gasteiger partial charge in [0.1, 0.15) is 18.1 Å². The van der Waals surface area contributed by atoms with Crippen LogP contribution in [-0.2, 0) is 13.6 Å². The fourth-order valence-corrected chi connectivity index (χ4v) is 3.28. The Balaban J connectivity index is 0.00000450. The van der Waals surface area contributed by atoms with Gasteiger partial charge in [-0.05, 0) is 55.4 Å². The van der Waals surface area contributed by atoms with Gasteiger partial charge in [-0.3, -0.25) is 0 Å². The fourth-order valence-electron chi connectivity index (χ4n) is 2.84. The molecule has 0 saturated carbocycles. The SMILES string of the molecule is COc1ccc(C(C)CCNC(=NCc2nnc(C)n2C)NCCCSC)cc1.I. The summed E-state index contributed by atoms with van der Waals surface area (Å²) in [6.45, 7) is 6.44. The molecule has 30 heavy (non-hydrogen) atoms. The van der Waals surface area contributed by atoms with Gasteiger partial charge in [-0.15, -0.1) is 34.2 Å². The van der Waals surface area contributed by atoms with Crippen LogP contribution in [0.25, 0.3) is 0 Å². The summed E-state index contributed by atoms with van der Waals surface area (Å²) in [5, 5.41) is 15.2. The number of nitrogens with one attached hydrogen (secondary N) is 2. The van der Waals surface area contributed by atoms with Crippen LogP contribution in [0.5, 0.6) is 5.75 Å². The molecule has 1 atom stereocenters. The summed E-state index contributed by atoms with van der Waals surface area (Å²) in [5.74, 6) is 5.06. The number of nitrogens with zero attached hydrogens (tertiary/aromatic N) is 4. The largest absolute Gasteiger partial charge is 0.497 e. The predicted molar refractivity (Wildman–Crippen MR) is 137 cm³/mol. The van der Waals surface area contributed by atoms with Gasteiger partial charge in [0.2, 0.25) is 0 Å². The van der Waals surface area contributed by atoms with E-state index in [1.54, 1.807) is 7.11 Å². The van der Waals surface area contributed by atoms with Crippen molar-refractivity contribution in [2.24, 2.45) is 12.0 Å². The van der Waals surface area contributed by atoms with E-state index in [1.807, 2.05) is 42.4 Å². The van der Waals surface area contributed by atoms with Crippen LogP contribution in [-0.4, -0.2) is 52.9 Å². The number of aryl methyl sites for hydroxylation is 1. The summed E-state index contributed by atoms with van der Waals surface area (Å²) in [5.41, 5.74) is 1.31. The first kappa shape index (κ1) is 26.5. The van der Waals surface area contributed by atoms with Crippen molar-refractivity contribution < 1.29 is 4.74 Å². The number of halogens is 1. The van der Waals surface area contributed by atoms with E-state index in [0.717, 1.165) is 55.0 Å². The molecule has 0 fully saturated rings. The minimum Gasteiger partial charge on any atom is -0.497 e. The van der Waals surface area contributed by atoms with Gasteiger partial charge in [-0.2, -0.15) is 11.8 Å². The molecule has 0 aliphatic rings. The number of aliphatic imine (C=N–C) groups is 1. The van der Waals surface area contributed by atoms with Crippen molar-refractivity contribution in [3.05, 3.63) is 41.5 Å². The first-order chi connectivity index (χ1) is 14.0. The highest BCUT2D eigenvalue weighted by atomic mass is 127. The Morgan fingerprint density at radius 2 is 1.90 bits per heavy atom. The van der Waals surface area contributed by atoms with Crippen molar-refractivity contribution in [1.82, 2.24) is 25.4 Å². The molecule has 2 N–H and O–H groups in total. The third-order valence-corrected chi connectivity index (χ3v) is 5.63. The highest BCUT2D eigenvalue weighted by molar-refractivity contribution is 14.0. The Morgan fingerprint density at radius 1 is 1.20 bits per heavy atom. The summed E-state index contributed by atoms with van der Waals surface area (Å²) in [6, 6.07) is 8.30. The van der Waals surface area contributed by atoms with Crippen LogP contribution in [0.3, 0.4) is 0 Å². The van der Waals surface area contributed by atoms with Gasteiger partial charge in [0.25, 0.3) is 0 Å². The average Bonchev–Trinajstić information content (AvgIpc) is 3.06. The molecule has 0 radical (unpaired) electrons. The topological polar surface area (TPSA) is 76.4 Å². The molecule has 0 saturated heterocycles. The summed E-state index contributed by atoms with van der Waals surface area (Å²) in [7, 11) is 3.66. The normalized spacial score (nSPS) is 12.2. The number of guanidine groups is 1. The number of methoxy groups -OCH3 is 1. The molecule has 7 nitrogen and oxygen atoms in total. The number of rotatable bonds is 11. The lowest BCUT2D eigenvalue weighted by molar-refractivity contribution is 0.414. The third kappa shape index (κ3) is 8.71. The fraction of sp³-hybridized carbons (Fsp3) is 0.571. The number of aromatic nitrogens is 3. The molecular weight excluding hydrogens is 511 g/mol. The van der Waals surface area contributed by atoms with E-state index >= 15 is 0 Å². The van der Waals surface area contributed by atoms with Gasteiger partial charge in [0.15, 0.2) is 11.8 Å². The minimum absolute atomic E-state index is 0. The molecule has 1 unspecified atom stereocenters. The third-order valence-electron chi connectivity index (χ3n) is 4.93. The Kier molecular flexibility index (Phi) is 12.8. The summed E-state index contributed by atoms with van der Waals surface area (Å²) in [6.07, 6.45) is 4.25. The Bertz CT molecular complexity index is 765. The van der Waals surface area contributed by atoms with Crippen molar-refractivity contribution in [2.45, 2.75) is 39.2 Å². The smallest absolute Gasteiger partial charge is 0.191 e. The van der Waals surface area contributed by atoms with Crippen molar-refractivity contribution >= 4 is 41.7 Å². The van der Waals surface area contributed by atoms with Crippen molar-refractivity contribution in [3.8, 4) is 5.75 Å². The second-order valence-electron chi connectivity index (χ2n) is 7.05. The zero-order valence-corrected chi connectivity index (χ0v) is 21.8. The molecule has 2 aromatic rings. The lowest BCUT2D eigenvalue weighted by atomic mass is 9.98. The molecule has 1 heterocycles. The standard InChI is InChI=1S/C21H34N6OS.HI/c1-16(18-7-9-19(28-4)10-8-18)11-13-23-21(22-12-6-14-29-5)24-15-20-26-25-17(2)27(20)3;/h7-10,16H,6,11-15H2,1-5H3,(H2,22,23,24);1H. The molecule has 168 valence electrons. The number of ether oxygens (including phenoxy) is 1. The zero-order chi connectivity index (χ0) is 21.1. The first-order valence-electron chi connectivity index (χ1n) is 10.0. The summed E-state index contributed by atoms with van der Waals surface area (Å²) >= 11 is 1.86. The van der Waals surface area contributed by atoms with Gasteiger partial charge >= 0.3 is 0 Å². The molecule has 2 rings (SSSR count). The van der Waals surface area contributed by atoms with E-state index < -0.39 is 0 Å². The van der Waals surface area contributed by atoms with Crippen molar-refractivity contribution in [1.29, 1.82) is 0 Å². The molecular formula is C21H35IN6OS. The number of benzene rings is 1. The van der Waals surface area contributed by atoms with Crippen LogP contribution in [0, 0.1) is 6.92 Å². The molecule has 9 heteroatoms. The first-order valence-corrected chi connectivity index (χ1v) is 11.4. The minimum atomic E-state index is 0.